The molecule has 1 amide bonds. The van der Waals surface area contributed by atoms with E-state index >= 15 is 0 Å². The van der Waals surface area contributed by atoms with Crippen LogP contribution in [0.5, 0.6) is 5.75 Å². The molecule has 0 fully saturated rings. The Bertz CT molecular complexity index is 930. The van der Waals surface area contributed by atoms with Crippen LogP contribution < -0.4 is 14.8 Å². The lowest BCUT2D eigenvalue weighted by atomic mass is 10.1. The van der Waals surface area contributed by atoms with Gasteiger partial charge in [0.15, 0.2) is 0 Å². The third kappa shape index (κ3) is 5.87. The van der Waals surface area contributed by atoms with E-state index in [1.54, 1.807) is 24.3 Å². The second-order valence-electron chi connectivity index (χ2n) is 6.74. The molecule has 0 aliphatic rings. The monoisotopic (exact) mass is 424 g/mol. The van der Waals surface area contributed by atoms with Gasteiger partial charge >= 0.3 is 0 Å². The number of rotatable bonds is 9. The second kappa shape index (κ2) is 9.80. The largest absolute Gasteiger partial charge is 0.495 e. The fourth-order valence-electron chi connectivity index (χ4n) is 2.59. The zero-order chi connectivity index (χ0) is 20.7. The van der Waals surface area contributed by atoms with Gasteiger partial charge in [-0.1, -0.05) is 37.6 Å². The molecule has 0 heterocycles. The van der Waals surface area contributed by atoms with Gasteiger partial charge in [-0.05, 0) is 49.1 Å². The van der Waals surface area contributed by atoms with Gasteiger partial charge in [0, 0.05) is 12.1 Å². The summed E-state index contributed by atoms with van der Waals surface area (Å²) in [6, 6.07) is 10.8. The molecule has 0 spiro atoms. The smallest absolute Gasteiger partial charge is 0.263 e. The molecule has 0 radical (unpaired) electrons. The molecule has 0 aliphatic carbocycles. The van der Waals surface area contributed by atoms with Crippen molar-refractivity contribution < 1.29 is 17.9 Å². The van der Waals surface area contributed by atoms with E-state index in [2.05, 4.69) is 23.9 Å². The van der Waals surface area contributed by atoms with E-state index in [1.807, 2.05) is 0 Å². The SMILES string of the molecule is COc1ccccc1NS(=O)(=O)c1cc(C(=O)NCCCC(C)C)ccc1Cl. The van der Waals surface area contributed by atoms with Crippen LogP contribution in [0.2, 0.25) is 5.02 Å². The van der Waals surface area contributed by atoms with Gasteiger partial charge in [0.1, 0.15) is 10.6 Å². The first kappa shape index (κ1) is 22.0. The molecule has 2 N–H and O–H groups in total. The number of para-hydroxylation sites is 2. The summed E-state index contributed by atoms with van der Waals surface area (Å²) in [5.74, 6) is 0.598. The van der Waals surface area contributed by atoms with Crippen LogP contribution in [-0.2, 0) is 10.0 Å². The number of hydrogen-bond acceptors (Lipinski definition) is 4. The van der Waals surface area contributed by atoms with Gasteiger partial charge in [-0.2, -0.15) is 0 Å². The topological polar surface area (TPSA) is 84.5 Å². The van der Waals surface area contributed by atoms with E-state index in [1.165, 1.54) is 25.3 Å². The average molecular weight is 425 g/mol. The number of hydrogen-bond donors (Lipinski definition) is 2. The number of sulfonamides is 1. The quantitative estimate of drug-likeness (QED) is 0.587. The molecule has 2 rings (SSSR count). The van der Waals surface area contributed by atoms with Crippen molar-refractivity contribution in [3.63, 3.8) is 0 Å². The van der Waals surface area contributed by atoms with Crippen LogP contribution >= 0.6 is 11.6 Å². The van der Waals surface area contributed by atoms with E-state index in [4.69, 9.17) is 16.3 Å². The van der Waals surface area contributed by atoms with E-state index in [9.17, 15) is 13.2 Å². The van der Waals surface area contributed by atoms with Gasteiger partial charge in [-0.25, -0.2) is 8.42 Å². The first-order valence-electron chi connectivity index (χ1n) is 8.98. The third-order valence-electron chi connectivity index (χ3n) is 4.08. The van der Waals surface area contributed by atoms with Crippen molar-refractivity contribution in [1.29, 1.82) is 0 Å². The molecule has 8 heteroatoms. The predicted molar refractivity (Wildman–Crippen MR) is 112 cm³/mol. The number of methoxy groups -OCH3 is 1. The molecule has 0 aliphatic heterocycles. The van der Waals surface area contributed by atoms with E-state index < -0.39 is 10.0 Å². The number of ether oxygens (including phenoxy) is 1. The van der Waals surface area contributed by atoms with Crippen molar-refractivity contribution in [3.8, 4) is 5.75 Å². The highest BCUT2D eigenvalue weighted by Gasteiger charge is 2.21. The van der Waals surface area contributed by atoms with Gasteiger partial charge < -0.3 is 10.1 Å². The summed E-state index contributed by atoms with van der Waals surface area (Å²) in [7, 11) is -2.56. The fourth-order valence-corrected chi connectivity index (χ4v) is 4.19. The molecule has 28 heavy (non-hydrogen) atoms. The minimum Gasteiger partial charge on any atom is -0.495 e. The summed E-state index contributed by atoms with van der Waals surface area (Å²) in [5, 5.41) is 2.83. The zero-order valence-electron chi connectivity index (χ0n) is 16.2. The standard InChI is InChI=1S/C20H25ClN2O4S/c1-14(2)7-6-12-22-20(24)15-10-11-16(21)19(13-15)28(25,26)23-17-8-4-5-9-18(17)27-3/h4-5,8-11,13-14,23H,6-7,12H2,1-3H3,(H,22,24). The summed E-state index contributed by atoms with van der Waals surface area (Å²) < 4.78 is 33.3. The van der Waals surface area contributed by atoms with Crippen LogP contribution in [0.3, 0.4) is 0 Å². The van der Waals surface area contributed by atoms with E-state index in [0.717, 1.165) is 12.8 Å². The molecule has 0 saturated heterocycles. The van der Waals surface area contributed by atoms with E-state index in [0.29, 0.717) is 18.2 Å². The maximum absolute atomic E-state index is 12.8. The lowest BCUT2D eigenvalue weighted by Gasteiger charge is -2.13. The summed E-state index contributed by atoms with van der Waals surface area (Å²) in [4.78, 5) is 12.2. The molecule has 2 aromatic carbocycles. The number of benzene rings is 2. The number of halogens is 1. The van der Waals surface area contributed by atoms with Crippen molar-refractivity contribution in [2.45, 2.75) is 31.6 Å². The number of nitrogens with one attached hydrogen (secondary N) is 2. The zero-order valence-corrected chi connectivity index (χ0v) is 17.7. The first-order chi connectivity index (χ1) is 13.2. The van der Waals surface area contributed by atoms with Gasteiger partial charge in [0.05, 0.1) is 17.8 Å². The highest BCUT2D eigenvalue weighted by atomic mass is 35.5. The highest BCUT2D eigenvalue weighted by Crippen LogP contribution is 2.29. The summed E-state index contributed by atoms with van der Waals surface area (Å²) in [6.45, 7) is 4.76. The molecule has 0 aromatic heterocycles. The van der Waals surface area contributed by atoms with Crippen molar-refractivity contribution in [2.24, 2.45) is 5.92 Å². The Hall–Kier alpha value is -2.25. The molecule has 0 unspecified atom stereocenters. The van der Waals surface area contributed by atoms with Crippen molar-refractivity contribution in [1.82, 2.24) is 5.32 Å². The lowest BCUT2D eigenvalue weighted by molar-refractivity contribution is 0.0952. The molecule has 0 saturated carbocycles. The molecule has 152 valence electrons. The fraction of sp³-hybridized carbons (Fsp3) is 0.350. The van der Waals surface area contributed by atoms with Crippen LogP contribution in [0.25, 0.3) is 0 Å². The van der Waals surface area contributed by atoms with Gasteiger partial charge in [0.2, 0.25) is 0 Å². The maximum atomic E-state index is 12.8. The minimum absolute atomic E-state index is 0.0266. The minimum atomic E-state index is -4.01. The molecule has 0 atom stereocenters. The molecular weight excluding hydrogens is 400 g/mol. The third-order valence-corrected chi connectivity index (χ3v) is 5.93. The van der Waals surface area contributed by atoms with Gasteiger partial charge in [-0.15, -0.1) is 0 Å². The van der Waals surface area contributed by atoms with Crippen LogP contribution in [0.15, 0.2) is 47.4 Å². The van der Waals surface area contributed by atoms with Crippen molar-refractivity contribution in [2.75, 3.05) is 18.4 Å². The first-order valence-corrected chi connectivity index (χ1v) is 10.8. The Morgan fingerprint density at radius 2 is 1.89 bits per heavy atom. The number of carbonyl (C=O) groups excluding carboxylic acids is 1. The van der Waals surface area contributed by atoms with Gasteiger partial charge in [-0.3, -0.25) is 9.52 Å². The summed E-state index contributed by atoms with van der Waals surface area (Å²) in [6.07, 6.45) is 1.86. The van der Waals surface area contributed by atoms with Crippen LogP contribution in [-0.4, -0.2) is 28.0 Å². The Labute approximate surface area is 171 Å². The highest BCUT2D eigenvalue weighted by molar-refractivity contribution is 7.92. The molecule has 2 aromatic rings. The number of carbonyl (C=O) groups is 1. The number of anilines is 1. The maximum Gasteiger partial charge on any atom is 0.263 e. The van der Waals surface area contributed by atoms with Crippen LogP contribution in [0.1, 0.15) is 37.0 Å². The Morgan fingerprint density at radius 3 is 2.57 bits per heavy atom. The predicted octanol–water partition coefficient (Wildman–Crippen LogP) is 4.32. The summed E-state index contributed by atoms with van der Waals surface area (Å²) >= 11 is 6.10. The molecule has 6 nitrogen and oxygen atoms in total. The van der Waals surface area contributed by atoms with Gasteiger partial charge in [0.25, 0.3) is 15.9 Å². The Balaban J connectivity index is 2.20. The van der Waals surface area contributed by atoms with Crippen LogP contribution in [0, 0.1) is 5.92 Å². The molecular formula is C20H25ClN2O4S. The summed E-state index contributed by atoms with van der Waals surface area (Å²) in [5.41, 5.74) is 0.513. The van der Waals surface area contributed by atoms with Crippen LogP contribution in [0.4, 0.5) is 5.69 Å². The Morgan fingerprint density at radius 1 is 1.18 bits per heavy atom. The average Bonchev–Trinajstić information content (AvgIpc) is 2.65. The van der Waals surface area contributed by atoms with Crippen molar-refractivity contribution in [3.05, 3.63) is 53.1 Å². The number of amides is 1. The van der Waals surface area contributed by atoms with E-state index in [-0.39, 0.29) is 27.1 Å². The normalized spacial score (nSPS) is 11.3. The Kier molecular flexibility index (Phi) is 7.71. The lowest BCUT2D eigenvalue weighted by Crippen LogP contribution is -2.25. The second-order valence-corrected chi connectivity index (χ2v) is 8.80. The molecule has 0 bridgehead atoms. The van der Waals surface area contributed by atoms with Crippen molar-refractivity contribution >= 4 is 33.2 Å².